The number of hydrogen-bond donors (Lipinski definition) is 0. The topological polar surface area (TPSA) is 51.2 Å². The highest BCUT2D eigenvalue weighted by molar-refractivity contribution is 7.91. The molecule has 0 aliphatic rings. The van der Waals surface area contributed by atoms with E-state index in [4.69, 9.17) is 0 Å². The Balaban J connectivity index is 1.75. The van der Waals surface area contributed by atoms with Crippen molar-refractivity contribution in [3.63, 3.8) is 0 Å². The van der Waals surface area contributed by atoms with Gasteiger partial charge in [-0.2, -0.15) is 0 Å². The average Bonchev–Trinajstić information content (AvgIpc) is 2.88. The van der Waals surface area contributed by atoms with Gasteiger partial charge in [0.25, 0.3) is 0 Å². The third-order valence-electron chi connectivity index (χ3n) is 5.73. The maximum Gasteiger partial charge on any atom is 0.179 e. The summed E-state index contributed by atoms with van der Waals surface area (Å²) in [5.41, 5.74) is 1.84. The summed E-state index contributed by atoms with van der Waals surface area (Å²) in [6, 6.07) is 30.8. The second-order valence-electron chi connectivity index (χ2n) is 8.13. The Kier molecular flexibility index (Phi) is 7.39. The average molecular weight is 493 g/mol. The zero-order valence-electron chi connectivity index (χ0n) is 18.7. The first-order valence-electron chi connectivity index (χ1n) is 10.9. The molecular formula is C28H25FO3S2. The molecule has 0 unspecified atom stereocenters. The summed E-state index contributed by atoms with van der Waals surface area (Å²) in [5.74, 6) is -1.38. The molecule has 4 aromatic carbocycles. The van der Waals surface area contributed by atoms with Crippen LogP contribution in [0.25, 0.3) is 0 Å². The maximum atomic E-state index is 16.3. The van der Waals surface area contributed by atoms with Crippen LogP contribution >= 0.6 is 0 Å². The third kappa shape index (κ3) is 5.34. The predicted octanol–water partition coefficient (Wildman–Crippen LogP) is 6.43. The van der Waals surface area contributed by atoms with Gasteiger partial charge in [0.1, 0.15) is 6.17 Å². The van der Waals surface area contributed by atoms with E-state index in [9.17, 15) is 12.6 Å². The van der Waals surface area contributed by atoms with Crippen molar-refractivity contribution in [3.05, 3.63) is 126 Å². The van der Waals surface area contributed by atoms with E-state index in [1.165, 1.54) is 12.1 Å². The molecule has 0 aromatic heterocycles. The summed E-state index contributed by atoms with van der Waals surface area (Å²) >= 11 is 0. The van der Waals surface area contributed by atoms with Crippen molar-refractivity contribution in [1.29, 1.82) is 0 Å². The number of halogens is 1. The van der Waals surface area contributed by atoms with Crippen LogP contribution in [-0.2, 0) is 20.6 Å². The van der Waals surface area contributed by atoms with E-state index < -0.39 is 38.5 Å². The van der Waals surface area contributed by atoms with E-state index in [-0.39, 0.29) is 10.5 Å². The lowest BCUT2D eigenvalue weighted by Crippen LogP contribution is -2.20. The first-order valence-corrected chi connectivity index (χ1v) is 13.7. The Morgan fingerprint density at radius 2 is 1.32 bits per heavy atom. The van der Waals surface area contributed by atoms with Crippen LogP contribution in [0.4, 0.5) is 4.39 Å². The van der Waals surface area contributed by atoms with E-state index in [1.54, 1.807) is 84.9 Å². The van der Waals surface area contributed by atoms with Gasteiger partial charge in [-0.1, -0.05) is 84.4 Å². The summed E-state index contributed by atoms with van der Waals surface area (Å²) < 4.78 is 56.1. The monoisotopic (exact) mass is 492 g/mol. The standard InChI is InChI=1S/C28H25FO3S2/c1-21-16-18-23(19-17-21)33(30)27-15-9-8-14-25(27)28(29)26(22-10-4-2-5-11-22)20-34(31,32)24-12-6-3-7-13-24/h2-19,26,28H,20H2,1H3/t26-,28+,33+/m1/s1. The van der Waals surface area contributed by atoms with Crippen LogP contribution in [0.15, 0.2) is 124 Å². The molecule has 174 valence electrons. The van der Waals surface area contributed by atoms with Crippen LogP contribution < -0.4 is 0 Å². The quantitative estimate of drug-likeness (QED) is 0.285. The number of alkyl halides is 1. The Bertz CT molecular complexity index is 1370. The minimum atomic E-state index is -3.77. The Morgan fingerprint density at radius 3 is 1.97 bits per heavy atom. The molecule has 0 heterocycles. The fraction of sp³-hybridized carbons (Fsp3) is 0.143. The molecule has 6 heteroatoms. The molecule has 3 atom stereocenters. The predicted molar refractivity (Wildman–Crippen MR) is 134 cm³/mol. The molecule has 0 fully saturated rings. The first-order chi connectivity index (χ1) is 16.4. The molecule has 0 aliphatic carbocycles. The van der Waals surface area contributed by atoms with Crippen LogP contribution in [0.3, 0.4) is 0 Å². The number of benzene rings is 4. The van der Waals surface area contributed by atoms with Gasteiger partial charge in [0, 0.05) is 21.3 Å². The van der Waals surface area contributed by atoms with Gasteiger partial charge in [-0.05, 0) is 42.8 Å². The number of sulfone groups is 1. The third-order valence-corrected chi connectivity index (χ3v) is 8.99. The van der Waals surface area contributed by atoms with E-state index in [1.807, 2.05) is 19.1 Å². The van der Waals surface area contributed by atoms with Gasteiger partial charge < -0.3 is 0 Å². The molecule has 0 bridgehead atoms. The molecular weight excluding hydrogens is 467 g/mol. The van der Waals surface area contributed by atoms with Crippen LogP contribution in [0, 0.1) is 6.92 Å². The lowest BCUT2D eigenvalue weighted by Gasteiger charge is -2.24. The van der Waals surface area contributed by atoms with Crippen LogP contribution in [0.2, 0.25) is 0 Å². The fourth-order valence-electron chi connectivity index (χ4n) is 3.89. The second-order valence-corrected chi connectivity index (χ2v) is 11.6. The summed E-state index contributed by atoms with van der Waals surface area (Å²) in [7, 11) is -5.38. The van der Waals surface area contributed by atoms with Crippen molar-refractivity contribution in [1.82, 2.24) is 0 Å². The lowest BCUT2D eigenvalue weighted by molar-refractivity contribution is 0.295. The SMILES string of the molecule is Cc1ccc([S@](=O)c2ccccc2[C@H](F)[C@H](CS(=O)(=O)c2ccccc2)c2ccccc2)cc1. The van der Waals surface area contributed by atoms with E-state index in [2.05, 4.69) is 0 Å². The Labute approximate surface area is 202 Å². The van der Waals surface area contributed by atoms with Crippen molar-refractivity contribution in [3.8, 4) is 0 Å². The largest absolute Gasteiger partial charge is 0.249 e. The van der Waals surface area contributed by atoms with Crippen LogP contribution in [0.5, 0.6) is 0 Å². The van der Waals surface area contributed by atoms with Crippen molar-refractivity contribution in [2.45, 2.75) is 33.7 Å². The number of aryl methyl sites for hydroxylation is 1. The molecule has 0 N–H and O–H groups in total. The molecule has 0 aliphatic heterocycles. The van der Waals surface area contributed by atoms with E-state index in [0.717, 1.165) is 5.56 Å². The van der Waals surface area contributed by atoms with Crippen molar-refractivity contribution in [2.24, 2.45) is 0 Å². The molecule has 0 radical (unpaired) electrons. The Hall–Kier alpha value is -3.09. The second kappa shape index (κ2) is 10.5. The zero-order valence-corrected chi connectivity index (χ0v) is 20.3. The smallest absolute Gasteiger partial charge is 0.179 e. The summed E-state index contributed by atoms with van der Waals surface area (Å²) in [6.45, 7) is 1.94. The molecule has 4 rings (SSSR count). The van der Waals surface area contributed by atoms with E-state index in [0.29, 0.717) is 15.4 Å². The lowest BCUT2D eigenvalue weighted by atomic mass is 9.91. The van der Waals surface area contributed by atoms with Gasteiger partial charge in [0.15, 0.2) is 9.84 Å². The molecule has 4 aromatic rings. The highest BCUT2D eigenvalue weighted by Crippen LogP contribution is 2.39. The van der Waals surface area contributed by atoms with Gasteiger partial charge in [0.2, 0.25) is 0 Å². The van der Waals surface area contributed by atoms with Crippen LogP contribution in [-0.4, -0.2) is 18.4 Å². The molecule has 3 nitrogen and oxygen atoms in total. The molecule has 0 saturated heterocycles. The van der Waals surface area contributed by atoms with E-state index >= 15 is 4.39 Å². The Morgan fingerprint density at radius 1 is 0.765 bits per heavy atom. The minimum absolute atomic E-state index is 0.152. The fourth-order valence-corrected chi connectivity index (χ4v) is 6.73. The molecule has 0 amide bonds. The van der Waals surface area contributed by atoms with Gasteiger partial charge in [-0.3, -0.25) is 0 Å². The number of rotatable bonds is 8. The zero-order chi connectivity index (χ0) is 24.1. The van der Waals surface area contributed by atoms with Gasteiger partial charge in [0.05, 0.1) is 21.4 Å². The van der Waals surface area contributed by atoms with Crippen molar-refractivity contribution >= 4 is 20.6 Å². The maximum absolute atomic E-state index is 16.3. The normalized spacial score (nSPS) is 14.3. The molecule has 0 saturated carbocycles. The molecule has 0 spiro atoms. The van der Waals surface area contributed by atoms with Crippen molar-refractivity contribution < 1.29 is 17.0 Å². The van der Waals surface area contributed by atoms with Gasteiger partial charge in [-0.25, -0.2) is 17.0 Å². The molecule has 34 heavy (non-hydrogen) atoms. The number of hydrogen-bond acceptors (Lipinski definition) is 3. The first kappa shape index (κ1) is 24.0. The highest BCUT2D eigenvalue weighted by Gasteiger charge is 2.32. The summed E-state index contributed by atoms with van der Waals surface area (Å²) in [5, 5.41) is 0. The summed E-state index contributed by atoms with van der Waals surface area (Å²) in [4.78, 5) is 1.06. The van der Waals surface area contributed by atoms with Gasteiger partial charge >= 0.3 is 0 Å². The highest BCUT2D eigenvalue weighted by atomic mass is 32.2. The van der Waals surface area contributed by atoms with Gasteiger partial charge in [-0.15, -0.1) is 0 Å². The van der Waals surface area contributed by atoms with Crippen LogP contribution in [0.1, 0.15) is 28.8 Å². The van der Waals surface area contributed by atoms with Crippen molar-refractivity contribution in [2.75, 3.05) is 5.75 Å². The minimum Gasteiger partial charge on any atom is -0.249 e. The summed E-state index contributed by atoms with van der Waals surface area (Å²) in [6.07, 6.45) is -1.67.